The summed E-state index contributed by atoms with van der Waals surface area (Å²) < 4.78 is 0. The second-order valence-corrected chi connectivity index (χ2v) is 7.09. The van der Waals surface area contributed by atoms with Crippen LogP contribution in [0.2, 0.25) is 0 Å². The highest BCUT2D eigenvalue weighted by Gasteiger charge is 2.37. The quantitative estimate of drug-likeness (QED) is 0.557. The molecule has 0 aromatic carbocycles. The molecule has 1 nitrogen and oxygen atoms in total. The van der Waals surface area contributed by atoms with Crippen LogP contribution in [0, 0.1) is 34.5 Å². The first-order valence-corrected chi connectivity index (χ1v) is 8.48. The summed E-state index contributed by atoms with van der Waals surface area (Å²) in [6, 6.07) is 2.72. The van der Waals surface area contributed by atoms with Crippen molar-refractivity contribution in [3.8, 4) is 6.07 Å². The van der Waals surface area contributed by atoms with E-state index in [0.717, 1.165) is 37.0 Å². The molecule has 0 bridgehead atoms. The van der Waals surface area contributed by atoms with E-state index in [9.17, 15) is 5.26 Å². The third-order valence-corrected chi connectivity index (χ3v) is 5.39. The van der Waals surface area contributed by atoms with Crippen LogP contribution in [0.3, 0.4) is 0 Å². The molecule has 1 aliphatic rings. The van der Waals surface area contributed by atoms with Crippen LogP contribution in [0.1, 0.15) is 85.5 Å². The fourth-order valence-corrected chi connectivity index (χ4v) is 3.72. The predicted molar refractivity (Wildman–Crippen MR) is 82.8 cm³/mol. The maximum atomic E-state index is 9.69. The van der Waals surface area contributed by atoms with Gasteiger partial charge in [-0.3, -0.25) is 0 Å². The Balaban J connectivity index is 2.55. The number of nitrogens with zero attached hydrogens (tertiary/aromatic N) is 1. The molecule has 1 atom stereocenters. The molecule has 0 aromatic heterocycles. The molecule has 1 heteroatoms. The van der Waals surface area contributed by atoms with E-state index in [1.807, 2.05) is 0 Å². The minimum atomic E-state index is 0.0137. The molecule has 1 rings (SSSR count). The Morgan fingerprint density at radius 1 is 1.21 bits per heavy atom. The smallest absolute Gasteiger partial charge is 0.0689 e. The van der Waals surface area contributed by atoms with E-state index < -0.39 is 0 Å². The van der Waals surface area contributed by atoms with Gasteiger partial charge in [-0.15, -0.1) is 0 Å². The zero-order valence-electron chi connectivity index (χ0n) is 13.5. The average Bonchev–Trinajstić information content (AvgIpc) is 2.43. The summed E-state index contributed by atoms with van der Waals surface area (Å²) in [6.45, 7) is 9.23. The van der Waals surface area contributed by atoms with Crippen LogP contribution in [0.15, 0.2) is 0 Å². The first-order chi connectivity index (χ1) is 9.06. The van der Waals surface area contributed by atoms with Gasteiger partial charge in [-0.1, -0.05) is 53.4 Å². The fourth-order valence-electron chi connectivity index (χ4n) is 3.72. The van der Waals surface area contributed by atoms with Gasteiger partial charge in [0.25, 0.3) is 0 Å². The van der Waals surface area contributed by atoms with E-state index in [0.29, 0.717) is 0 Å². The van der Waals surface area contributed by atoms with E-state index in [1.165, 1.54) is 38.5 Å². The zero-order chi connectivity index (χ0) is 14.3. The van der Waals surface area contributed by atoms with Gasteiger partial charge in [0.1, 0.15) is 0 Å². The number of hydrogen-bond acceptors (Lipinski definition) is 1. The first-order valence-electron chi connectivity index (χ1n) is 8.48. The molecule has 0 heterocycles. The van der Waals surface area contributed by atoms with Crippen molar-refractivity contribution in [2.75, 3.05) is 0 Å². The predicted octanol–water partition coefficient (Wildman–Crippen LogP) is 5.95. The van der Waals surface area contributed by atoms with Gasteiger partial charge in [-0.2, -0.15) is 5.26 Å². The third-order valence-electron chi connectivity index (χ3n) is 5.39. The van der Waals surface area contributed by atoms with Crippen molar-refractivity contribution in [2.45, 2.75) is 85.5 Å². The summed E-state index contributed by atoms with van der Waals surface area (Å²) in [7, 11) is 0. The molecule has 0 spiro atoms. The van der Waals surface area contributed by atoms with E-state index in [1.54, 1.807) is 0 Å². The maximum absolute atomic E-state index is 9.69. The summed E-state index contributed by atoms with van der Waals surface area (Å²) >= 11 is 0. The average molecular weight is 263 g/mol. The van der Waals surface area contributed by atoms with Crippen molar-refractivity contribution in [3.05, 3.63) is 0 Å². The first kappa shape index (κ1) is 16.5. The topological polar surface area (TPSA) is 23.8 Å². The molecule has 0 amide bonds. The van der Waals surface area contributed by atoms with Crippen LogP contribution < -0.4 is 0 Å². The molecule has 1 fully saturated rings. The third kappa shape index (κ3) is 4.83. The van der Waals surface area contributed by atoms with Crippen LogP contribution in [-0.4, -0.2) is 0 Å². The lowest BCUT2D eigenvalue weighted by Gasteiger charge is -2.38. The van der Waals surface area contributed by atoms with Crippen molar-refractivity contribution < 1.29 is 0 Å². The monoisotopic (exact) mass is 263 g/mol. The Labute approximate surface area is 120 Å². The van der Waals surface area contributed by atoms with Crippen molar-refractivity contribution in [3.63, 3.8) is 0 Å². The largest absolute Gasteiger partial charge is 0.198 e. The van der Waals surface area contributed by atoms with E-state index in [-0.39, 0.29) is 5.41 Å². The van der Waals surface area contributed by atoms with Crippen LogP contribution in [0.25, 0.3) is 0 Å². The number of hydrogen-bond donors (Lipinski definition) is 0. The highest BCUT2D eigenvalue weighted by atomic mass is 14.4. The summed E-state index contributed by atoms with van der Waals surface area (Å²) in [5.41, 5.74) is 0.0137. The highest BCUT2D eigenvalue weighted by Crippen LogP contribution is 2.45. The van der Waals surface area contributed by atoms with Crippen molar-refractivity contribution in [2.24, 2.45) is 23.2 Å². The van der Waals surface area contributed by atoms with Gasteiger partial charge >= 0.3 is 0 Å². The minimum absolute atomic E-state index is 0.0137. The molecule has 0 aliphatic heterocycles. The van der Waals surface area contributed by atoms with E-state index in [4.69, 9.17) is 0 Å². The van der Waals surface area contributed by atoms with E-state index in [2.05, 4.69) is 33.8 Å². The summed E-state index contributed by atoms with van der Waals surface area (Å²) in [5, 5.41) is 9.69. The Hall–Kier alpha value is -0.510. The Morgan fingerprint density at radius 2 is 1.84 bits per heavy atom. The van der Waals surface area contributed by atoms with Crippen LogP contribution in [-0.2, 0) is 0 Å². The van der Waals surface area contributed by atoms with Crippen molar-refractivity contribution in [1.29, 1.82) is 5.26 Å². The highest BCUT2D eigenvalue weighted by molar-refractivity contribution is 5.02. The van der Waals surface area contributed by atoms with Gasteiger partial charge in [0.2, 0.25) is 0 Å². The van der Waals surface area contributed by atoms with Gasteiger partial charge in [-0.25, -0.2) is 0 Å². The van der Waals surface area contributed by atoms with E-state index >= 15 is 0 Å². The Morgan fingerprint density at radius 3 is 2.26 bits per heavy atom. The number of rotatable bonds is 7. The van der Waals surface area contributed by atoms with Crippen LogP contribution >= 0.6 is 0 Å². The molecule has 0 saturated heterocycles. The fraction of sp³-hybridized carbons (Fsp3) is 0.944. The SMILES string of the molecule is CCCCC(CC)CC1(C#N)CCC(C(C)C)CC1. The van der Waals surface area contributed by atoms with Gasteiger partial charge in [0.05, 0.1) is 11.5 Å². The van der Waals surface area contributed by atoms with Gasteiger partial charge < -0.3 is 0 Å². The lowest BCUT2D eigenvalue weighted by atomic mass is 9.65. The number of nitriles is 1. The van der Waals surface area contributed by atoms with Crippen molar-refractivity contribution in [1.82, 2.24) is 0 Å². The lowest BCUT2D eigenvalue weighted by Crippen LogP contribution is -2.30. The molecule has 0 radical (unpaired) electrons. The molecule has 1 unspecified atom stereocenters. The molecule has 1 saturated carbocycles. The molecule has 1 aliphatic carbocycles. The molecular weight excluding hydrogens is 230 g/mol. The standard InChI is InChI=1S/C18H33N/c1-5-7-8-16(6-2)13-18(14-19)11-9-17(10-12-18)15(3)4/h15-17H,5-13H2,1-4H3. The number of unbranched alkanes of at least 4 members (excludes halogenated alkanes) is 1. The Kier molecular flexibility index (Phi) is 6.90. The Bertz CT molecular complexity index is 279. The van der Waals surface area contributed by atoms with Crippen LogP contribution in [0.4, 0.5) is 0 Å². The molecule has 19 heavy (non-hydrogen) atoms. The summed E-state index contributed by atoms with van der Waals surface area (Å²) in [6.07, 6.45) is 11.2. The molecule has 0 N–H and O–H groups in total. The molecule has 0 aromatic rings. The summed E-state index contributed by atoms with van der Waals surface area (Å²) in [5.74, 6) is 2.42. The van der Waals surface area contributed by atoms with Crippen molar-refractivity contribution >= 4 is 0 Å². The van der Waals surface area contributed by atoms with Crippen LogP contribution in [0.5, 0.6) is 0 Å². The maximum Gasteiger partial charge on any atom is 0.0689 e. The second kappa shape index (κ2) is 7.93. The summed E-state index contributed by atoms with van der Waals surface area (Å²) in [4.78, 5) is 0. The molecule has 110 valence electrons. The molecular formula is C18H33N. The van der Waals surface area contributed by atoms with Gasteiger partial charge in [-0.05, 0) is 49.9 Å². The second-order valence-electron chi connectivity index (χ2n) is 7.09. The van der Waals surface area contributed by atoms with Gasteiger partial charge in [0, 0.05) is 0 Å². The van der Waals surface area contributed by atoms with Gasteiger partial charge in [0.15, 0.2) is 0 Å². The lowest BCUT2D eigenvalue weighted by molar-refractivity contribution is 0.141. The minimum Gasteiger partial charge on any atom is -0.198 e. The normalized spacial score (nSPS) is 29.2. The zero-order valence-corrected chi connectivity index (χ0v) is 13.5.